The molecule has 1 amide bonds. The van der Waals surface area contributed by atoms with E-state index in [1.165, 1.54) is 30.3 Å². The molecule has 0 fully saturated rings. The minimum atomic E-state index is -4.09. The zero-order valence-electron chi connectivity index (χ0n) is 16.3. The average Bonchev–Trinajstić information content (AvgIpc) is 2.70. The van der Waals surface area contributed by atoms with Crippen LogP contribution in [0.15, 0.2) is 59.5 Å². The first-order valence-corrected chi connectivity index (χ1v) is 10.4. The fraction of sp³-hybridized carbons (Fsp3) is 0.316. The van der Waals surface area contributed by atoms with E-state index in [0.29, 0.717) is 13.0 Å². The van der Waals surface area contributed by atoms with Gasteiger partial charge >= 0.3 is 0 Å². The van der Waals surface area contributed by atoms with Gasteiger partial charge in [0.15, 0.2) is 0 Å². The van der Waals surface area contributed by atoms with Gasteiger partial charge in [-0.1, -0.05) is 24.3 Å². The summed E-state index contributed by atoms with van der Waals surface area (Å²) in [5.41, 5.74) is -0.214. The highest BCUT2D eigenvalue weighted by Crippen LogP contribution is 2.26. The Balaban J connectivity index is 2.30. The number of carbonyl (C=O) groups is 1. The Morgan fingerprint density at radius 2 is 1.79 bits per heavy atom. The first-order valence-electron chi connectivity index (χ1n) is 8.95. The zero-order chi connectivity index (χ0) is 21.4. The van der Waals surface area contributed by atoms with Gasteiger partial charge in [0.05, 0.1) is 15.5 Å². The van der Waals surface area contributed by atoms with Crippen molar-refractivity contribution < 1.29 is 18.1 Å². The van der Waals surface area contributed by atoms with Crippen LogP contribution >= 0.6 is 0 Å². The minimum absolute atomic E-state index is 0.00749. The number of nitrogens with one attached hydrogen (secondary N) is 1. The molecule has 10 heteroatoms. The number of nitro benzene ring substituents is 1. The van der Waals surface area contributed by atoms with E-state index in [1.807, 2.05) is 19.0 Å². The van der Waals surface area contributed by atoms with Crippen LogP contribution in [0.4, 0.5) is 11.4 Å². The second-order valence-corrected chi connectivity index (χ2v) is 8.47. The Kier molecular flexibility index (Phi) is 7.68. The number of sulfonamides is 1. The molecule has 0 spiro atoms. The van der Waals surface area contributed by atoms with Crippen LogP contribution in [0.1, 0.15) is 6.42 Å². The monoisotopic (exact) mass is 420 g/mol. The highest BCUT2D eigenvalue weighted by molar-refractivity contribution is 7.92. The topological polar surface area (TPSA) is 113 Å². The van der Waals surface area contributed by atoms with Gasteiger partial charge in [-0.25, -0.2) is 8.42 Å². The summed E-state index contributed by atoms with van der Waals surface area (Å²) in [6, 6.07) is 12.8. The second-order valence-electron chi connectivity index (χ2n) is 6.61. The molecule has 9 nitrogen and oxygen atoms in total. The molecule has 0 atom stereocenters. The van der Waals surface area contributed by atoms with Crippen molar-refractivity contribution in [2.45, 2.75) is 11.3 Å². The van der Waals surface area contributed by atoms with Crippen LogP contribution in [-0.4, -0.2) is 57.9 Å². The van der Waals surface area contributed by atoms with E-state index in [0.717, 1.165) is 16.9 Å². The quantitative estimate of drug-likeness (QED) is 0.357. The number of rotatable bonds is 10. The maximum Gasteiger partial charge on any atom is 0.271 e. The van der Waals surface area contributed by atoms with E-state index >= 15 is 0 Å². The molecule has 0 saturated carbocycles. The van der Waals surface area contributed by atoms with Gasteiger partial charge in [0.2, 0.25) is 5.91 Å². The van der Waals surface area contributed by atoms with Crippen molar-refractivity contribution >= 4 is 27.3 Å². The van der Waals surface area contributed by atoms with Gasteiger partial charge in [-0.2, -0.15) is 0 Å². The molecule has 29 heavy (non-hydrogen) atoms. The summed E-state index contributed by atoms with van der Waals surface area (Å²) in [5, 5.41) is 13.8. The first-order chi connectivity index (χ1) is 13.7. The molecule has 156 valence electrons. The molecule has 0 heterocycles. The molecule has 0 aliphatic heterocycles. The molecular weight excluding hydrogens is 396 g/mol. The van der Waals surface area contributed by atoms with Crippen molar-refractivity contribution in [1.82, 2.24) is 10.2 Å². The maximum atomic E-state index is 13.1. The summed E-state index contributed by atoms with van der Waals surface area (Å²) < 4.78 is 27.2. The van der Waals surface area contributed by atoms with Gasteiger partial charge in [0.1, 0.15) is 6.54 Å². The van der Waals surface area contributed by atoms with Crippen LogP contribution < -0.4 is 9.62 Å². The number of nitro groups is 1. The molecule has 2 aromatic rings. The van der Waals surface area contributed by atoms with Crippen LogP contribution in [0.3, 0.4) is 0 Å². The largest absolute Gasteiger partial charge is 0.354 e. The number of amides is 1. The van der Waals surface area contributed by atoms with E-state index in [9.17, 15) is 23.3 Å². The first kappa shape index (κ1) is 22.3. The van der Waals surface area contributed by atoms with E-state index in [1.54, 1.807) is 18.2 Å². The molecule has 1 N–H and O–H groups in total. The van der Waals surface area contributed by atoms with Crippen molar-refractivity contribution in [1.29, 1.82) is 0 Å². The molecule has 0 aliphatic rings. The summed E-state index contributed by atoms with van der Waals surface area (Å²) in [6.07, 6.45) is 0.709. The van der Waals surface area contributed by atoms with Gasteiger partial charge < -0.3 is 10.2 Å². The Hall–Kier alpha value is -2.98. The molecule has 0 aromatic heterocycles. The van der Waals surface area contributed by atoms with Gasteiger partial charge in [0.25, 0.3) is 15.7 Å². The van der Waals surface area contributed by atoms with Crippen LogP contribution in [-0.2, 0) is 14.8 Å². The Morgan fingerprint density at radius 3 is 2.41 bits per heavy atom. The number of benzene rings is 2. The summed E-state index contributed by atoms with van der Waals surface area (Å²) in [6.45, 7) is 0.683. The van der Waals surface area contributed by atoms with Crippen molar-refractivity contribution in [3.05, 3.63) is 64.7 Å². The third kappa shape index (κ3) is 6.26. The van der Waals surface area contributed by atoms with Crippen molar-refractivity contribution in [2.75, 3.05) is 38.0 Å². The van der Waals surface area contributed by atoms with Crippen molar-refractivity contribution in [2.24, 2.45) is 0 Å². The second kappa shape index (κ2) is 9.99. The van der Waals surface area contributed by atoms with E-state index in [4.69, 9.17) is 0 Å². The number of carbonyl (C=O) groups excluding carboxylic acids is 1. The fourth-order valence-electron chi connectivity index (χ4n) is 2.61. The Labute approximate surface area is 170 Å². The lowest BCUT2D eigenvalue weighted by atomic mass is 10.3. The Bertz CT molecular complexity index is 948. The minimum Gasteiger partial charge on any atom is -0.354 e. The van der Waals surface area contributed by atoms with Crippen LogP contribution in [0, 0.1) is 10.1 Å². The summed E-state index contributed by atoms with van der Waals surface area (Å²) in [7, 11) is -0.264. The average molecular weight is 420 g/mol. The van der Waals surface area contributed by atoms with Gasteiger partial charge in [0, 0.05) is 18.7 Å². The van der Waals surface area contributed by atoms with Crippen molar-refractivity contribution in [3.63, 3.8) is 0 Å². The van der Waals surface area contributed by atoms with E-state index < -0.39 is 27.4 Å². The third-order valence-corrected chi connectivity index (χ3v) is 5.84. The predicted molar refractivity (Wildman–Crippen MR) is 110 cm³/mol. The van der Waals surface area contributed by atoms with Crippen LogP contribution in [0.5, 0.6) is 0 Å². The smallest absolute Gasteiger partial charge is 0.271 e. The Morgan fingerprint density at radius 1 is 1.10 bits per heavy atom. The lowest BCUT2D eigenvalue weighted by molar-refractivity contribution is -0.384. The van der Waals surface area contributed by atoms with Gasteiger partial charge in [-0.15, -0.1) is 0 Å². The summed E-state index contributed by atoms with van der Waals surface area (Å²) in [5.74, 6) is -0.491. The highest BCUT2D eigenvalue weighted by atomic mass is 32.2. The molecule has 2 rings (SSSR count). The van der Waals surface area contributed by atoms with E-state index in [-0.39, 0.29) is 16.3 Å². The summed E-state index contributed by atoms with van der Waals surface area (Å²) >= 11 is 0. The predicted octanol–water partition coefficient (Wildman–Crippen LogP) is 1.86. The standard InChI is InChI=1S/C19H24N4O5S/c1-21(2)13-7-12-20-19(24)15-22(16-8-6-9-17(14-16)23(25)26)29(27,28)18-10-4-3-5-11-18/h3-6,8-11,14H,7,12-13,15H2,1-2H3,(H,20,24). The SMILES string of the molecule is CN(C)CCCNC(=O)CN(c1cccc([N+](=O)[O-])c1)S(=O)(=O)c1ccccc1. The normalized spacial score (nSPS) is 11.3. The molecule has 0 saturated heterocycles. The molecule has 0 bridgehead atoms. The molecular formula is C19H24N4O5S. The maximum absolute atomic E-state index is 13.1. The van der Waals surface area contributed by atoms with Gasteiger partial charge in [-0.3, -0.25) is 19.2 Å². The zero-order valence-corrected chi connectivity index (χ0v) is 17.1. The molecule has 0 unspecified atom stereocenters. The fourth-order valence-corrected chi connectivity index (χ4v) is 4.04. The molecule has 2 aromatic carbocycles. The molecule has 0 radical (unpaired) electrons. The third-order valence-electron chi connectivity index (χ3n) is 4.05. The van der Waals surface area contributed by atoms with Crippen LogP contribution in [0.25, 0.3) is 0 Å². The number of hydrogen-bond acceptors (Lipinski definition) is 6. The van der Waals surface area contributed by atoms with Gasteiger partial charge in [-0.05, 0) is 45.3 Å². The molecule has 0 aliphatic carbocycles. The lowest BCUT2D eigenvalue weighted by Gasteiger charge is -2.24. The number of hydrogen-bond donors (Lipinski definition) is 1. The lowest BCUT2D eigenvalue weighted by Crippen LogP contribution is -2.41. The number of anilines is 1. The van der Waals surface area contributed by atoms with Crippen LogP contribution in [0.2, 0.25) is 0 Å². The van der Waals surface area contributed by atoms with E-state index in [2.05, 4.69) is 5.32 Å². The summed E-state index contributed by atoms with van der Waals surface area (Å²) in [4.78, 5) is 24.9. The number of non-ortho nitro benzene ring substituents is 1. The number of nitrogens with zero attached hydrogens (tertiary/aromatic N) is 3. The van der Waals surface area contributed by atoms with Crippen molar-refractivity contribution in [3.8, 4) is 0 Å². The highest BCUT2D eigenvalue weighted by Gasteiger charge is 2.28.